The molecule has 7 nitrogen and oxygen atoms in total. The van der Waals surface area contributed by atoms with Crippen LogP contribution >= 0.6 is 0 Å². The third-order valence-corrected chi connectivity index (χ3v) is 5.97. The third-order valence-electron chi connectivity index (χ3n) is 4.57. The fraction of sp³-hybridized carbons (Fsp3) is 0.286. The lowest BCUT2D eigenvalue weighted by Gasteiger charge is -2.09. The van der Waals surface area contributed by atoms with E-state index in [1.807, 2.05) is 12.1 Å². The number of aliphatic imine (C=N–C) groups is 1. The summed E-state index contributed by atoms with van der Waals surface area (Å²) in [5.74, 6) is -0.593. The van der Waals surface area contributed by atoms with Crippen molar-refractivity contribution < 1.29 is 22.7 Å². The SMILES string of the molecule is CC(N=C1NS(=O)(=O)c2ccccc21)C(=O)OCC(=O)c1ccc(C(C)C)cc1. The van der Waals surface area contributed by atoms with Gasteiger partial charge in [-0.15, -0.1) is 0 Å². The summed E-state index contributed by atoms with van der Waals surface area (Å²) in [6.45, 7) is 5.19. The molecule has 2 aromatic rings. The fourth-order valence-corrected chi connectivity index (χ4v) is 4.11. The van der Waals surface area contributed by atoms with Crippen LogP contribution in [0, 0.1) is 0 Å². The second-order valence-corrected chi connectivity index (χ2v) is 8.71. The van der Waals surface area contributed by atoms with Crippen LogP contribution in [0.5, 0.6) is 0 Å². The lowest BCUT2D eigenvalue weighted by molar-refractivity contribution is -0.143. The van der Waals surface area contributed by atoms with Gasteiger partial charge < -0.3 is 4.74 Å². The zero-order chi connectivity index (χ0) is 21.2. The van der Waals surface area contributed by atoms with Gasteiger partial charge in [0.05, 0.1) is 4.90 Å². The minimum Gasteiger partial charge on any atom is -0.456 e. The van der Waals surface area contributed by atoms with E-state index in [1.165, 1.54) is 13.0 Å². The number of fused-ring (bicyclic) bond motifs is 1. The highest BCUT2D eigenvalue weighted by atomic mass is 32.2. The van der Waals surface area contributed by atoms with E-state index in [2.05, 4.69) is 23.6 Å². The van der Waals surface area contributed by atoms with Crippen molar-refractivity contribution in [2.45, 2.75) is 37.6 Å². The number of benzene rings is 2. The molecule has 1 atom stereocenters. The smallest absolute Gasteiger partial charge is 0.331 e. The van der Waals surface area contributed by atoms with Gasteiger partial charge in [0.1, 0.15) is 11.9 Å². The molecule has 0 bridgehead atoms. The van der Waals surface area contributed by atoms with E-state index in [-0.39, 0.29) is 16.5 Å². The highest BCUT2D eigenvalue weighted by Gasteiger charge is 2.31. The number of Topliss-reactive ketones (excluding diaryl/α,β-unsaturated/α-hetero) is 1. The minimum atomic E-state index is -3.68. The van der Waals surface area contributed by atoms with Crippen LogP contribution in [0.2, 0.25) is 0 Å². The minimum absolute atomic E-state index is 0.0839. The average Bonchev–Trinajstić information content (AvgIpc) is 2.96. The number of nitrogens with one attached hydrogen (secondary N) is 1. The van der Waals surface area contributed by atoms with Gasteiger partial charge in [-0.25, -0.2) is 13.2 Å². The summed E-state index contributed by atoms with van der Waals surface area (Å²) in [6.07, 6.45) is 0. The van der Waals surface area contributed by atoms with Gasteiger partial charge in [0.2, 0.25) is 0 Å². The first kappa shape index (κ1) is 20.7. The zero-order valence-electron chi connectivity index (χ0n) is 16.4. The van der Waals surface area contributed by atoms with Crippen molar-refractivity contribution in [3.8, 4) is 0 Å². The summed E-state index contributed by atoms with van der Waals surface area (Å²) < 4.78 is 31.6. The number of hydrogen-bond donors (Lipinski definition) is 1. The molecular weight excluding hydrogens is 392 g/mol. The third kappa shape index (κ3) is 4.54. The Labute approximate surface area is 169 Å². The molecule has 0 spiro atoms. The molecule has 0 aromatic heterocycles. The van der Waals surface area contributed by atoms with Crippen LogP contribution in [-0.2, 0) is 19.6 Å². The maximum absolute atomic E-state index is 12.2. The molecule has 0 saturated heterocycles. The van der Waals surface area contributed by atoms with Gasteiger partial charge in [-0.1, -0.05) is 50.2 Å². The topological polar surface area (TPSA) is 102 Å². The first-order valence-electron chi connectivity index (χ1n) is 9.19. The van der Waals surface area contributed by atoms with Gasteiger partial charge in [0.15, 0.2) is 12.4 Å². The number of nitrogens with zero attached hydrogens (tertiary/aromatic N) is 1. The summed E-state index contributed by atoms with van der Waals surface area (Å²) in [7, 11) is -3.68. The summed E-state index contributed by atoms with van der Waals surface area (Å²) in [5, 5.41) is 0. The quantitative estimate of drug-likeness (QED) is 0.578. The van der Waals surface area contributed by atoms with Gasteiger partial charge in [-0.2, -0.15) is 0 Å². The Balaban J connectivity index is 1.64. The standard InChI is InChI=1S/C21H22N2O5S/c1-13(2)15-8-10-16(11-9-15)18(24)12-28-21(25)14(3)22-20-17-6-4-5-7-19(17)29(26,27)23-20/h4-11,13-14H,12H2,1-3H3,(H,22,23). The molecule has 0 fully saturated rings. The molecule has 1 aliphatic heterocycles. The number of rotatable bonds is 6. The maximum Gasteiger partial charge on any atom is 0.331 e. The van der Waals surface area contributed by atoms with Gasteiger partial charge in [0.25, 0.3) is 10.0 Å². The van der Waals surface area contributed by atoms with Crippen molar-refractivity contribution in [2.75, 3.05) is 6.61 Å². The Kier molecular flexibility index (Phi) is 5.83. The first-order valence-corrected chi connectivity index (χ1v) is 10.7. The highest BCUT2D eigenvalue weighted by molar-refractivity contribution is 7.90. The van der Waals surface area contributed by atoms with Crippen LogP contribution < -0.4 is 4.72 Å². The largest absolute Gasteiger partial charge is 0.456 e. The normalized spacial score (nSPS) is 16.9. The number of esters is 1. The van der Waals surface area contributed by atoms with Gasteiger partial charge >= 0.3 is 5.97 Å². The van der Waals surface area contributed by atoms with Crippen LogP contribution in [0.4, 0.5) is 0 Å². The number of ether oxygens (including phenoxy) is 1. The molecule has 3 rings (SSSR count). The predicted molar refractivity (Wildman–Crippen MR) is 109 cm³/mol. The predicted octanol–water partition coefficient (Wildman–Crippen LogP) is 2.66. The molecule has 0 radical (unpaired) electrons. The molecule has 1 N–H and O–H groups in total. The number of hydrogen-bond acceptors (Lipinski definition) is 6. The first-order chi connectivity index (χ1) is 13.7. The van der Waals surface area contributed by atoms with Crippen molar-refractivity contribution in [1.29, 1.82) is 0 Å². The molecule has 0 amide bonds. The molecule has 8 heteroatoms. The van der Waals surface area contributed by atoms with Crippen LogP contribution in [-0.4, -0.2) is 38.7 Å². The average molecular weight is 414 g/mol. The van der Waals surface area contributed by atoms with Crippen molar-refractivity contribution in [1.82, 2.24) is 4.72 Å². The van der Waals surface area contributed by atoms with E-state index < -0.39 is 28.6 Å². The Hall–Kier alpha value is -3.00. The van der Waals surface area contributed by atoms with Crippen molar-refractivity contribution in [2.24, 2.45) is 4.99 Å². The number of ketones is 1. The van der Waals surface area contributed by atoms with Crippen LogP contribution in [0.25, 0.3) is 0 Å². The van der Waals surface area contributed by atoms with E-state index in [0.717, 1.165) is 5.56 Å². The maximum atomic E-state index is 12.2. The second-order valence-electron chi connectivity index (χ2n) is 7.06. The summed E-state index contributed by atoms with van der Waals surface area (Å²) in [6, 6.07) is 12.5. The molecular formula is C21H22N2O5S. The van der Waals surface area contributed by atoms with Crippen LogP contribution in [0.3, 0.4) is 0 Å². The van der Waals surface area contributed by atoms with E-state index in [4.69, 9.17) is 4.74 Å². The van der Waals surface area contributed by atoms with E-state index in [9.17, 15) is 18.0 Å². The zero-order valence-corrected chi connectivity index (χ0v) is 17.2. The molecule has 2 aromatic carbocycles. The van der Waals surface area contributed by atoms with Crippen molar-refractivity contribution in [3.05, 3.63) is 65.2 Å². The van der Waals surface area contributed by atoms with E-state index in [1.54, 1.807) is 30.3 Å². The highest BCUT2D eigenvalue weighted by Crippen LogP contribution is 2.22. The van der Waals surface area contributed by atoms with Gasteiger partial charge in [-0.3, -0.25) is 14.5 Å². The number of amidine groups is 1. The number of carbonyl (C=O) groups is 2. The molecule has 0 aliphatic carbocycles. The van der Waals surface area contributed by atoms with Crippen LogP contribution in [0.1, 0.15) is 48.2 Å². The fourth-order valence-electron chi connectivity index (χ4n) is 2.87. The Morgan fingerprint density at radius 3 is 2.34 bits per heavy atom. The summed E-state index contributed by atoms with van der Waals surface area (Å²) >= 11 is 0. The molecule has 29 heavy (non-hydrogen) atoms. The molecule has 152 valence electrons. The van der Waals surface area contributed by atoms with Crippen LogP contribution in [0.15, 0.2) is 58.4 Å². The Morgan fingerprint density at radius 2 is 1.69 bits per heavy atom. The van der Waals surface area contributed by atoms with Crippen molar-refractivity contribution in [3.63, 3.8) is 0 Å². The van der Waals surface area contributed by atoms with E-state index >= 15 is 0 Å². The number of sulfonamides is 1. The lowest BCUT2D eigenvalue weighted by atomic mass is 10.0. The van der Waals surface area contributed by atoms with E-state index in [0.29, 0.717) is 17.0 Å². The Bertz CT molecular complexity index is 1070. The monoisotopic (exact) mass is 414 g/mol. The van der Waals surface area contributed by atoms with Gasteiger partial charge in [0, 0.05) is 11.1 Å². The van der Waals surface area contributed by atoms with Crippen molar-refractivity contribution >= 4 is 27.6 Å². The molecule has 1 heterocycles. The number of carbonyl (C=O) groups excluding carboxylic acids is 2. The summed E-state index contributed by atoms with van der Waals surface area (Å²) in [5.41, 5.74) is 1.97. The lowest BCUT2D eigenvalue weighted by Crippen LogP contribution is -2.27. The summed E-state index contributed by atoms with van der Waals surface area (Å²) in [4.78, 5) is 28.7. The second kappa shape index (κ2) is 8.16. The molecule has 1 aliphatic rings. The molecule has 1 unspecified atom stereocenters. The Morgan fingerprint density at radius 1 is 1.03 bits per heavy atom. The van der Waals surface area contributed by atoms with Gasteiger partial charge in [-0.05, 0) is 30.5 Å². The molecule has 0 saturated carbocycles.